The molecule has 0 unspecified atom stereocenters. The number of hydrogen-bond acceptors (Lipinski definition) is 0. The zero-order valence-electron chi connectivity index (χ0n) is 11.2. The van der Waals surface area contributed by atoms with Gasteiger partial charge in [0.05, 0.1) is 0 Å². The highest BCUT2D eigenvalue weighted by molar-refractivity contribution is 5.22. The average Bonchev–Trinajstić information content (AvgIpc) is 2.23. The minimum Gasteiger partial charge on any atom is -0.207 e. The quantitative estimate of drug-likeness (QED) is 0.623. The summed E-state index contributed by atoms with van der Waals surface area (Å²) in [6.45, 7) is 7.41. The third-order valence-corrected chi connectivity index (χ3v) is 2.51. The molecule has 0 amide bonds. The van der Waals surface area contributed by atoms with Crippen LogP contribution in [0.4, 0.5) is 8.78 Å². The molecule has 0 spiro atoms. The van der Waals surface area contributed by atoms with Gasteiger partial charge < -0.3 is 0 Å². The van der Waals surface area contributed by atoms with Gasteiger partial charge in [-0.1, -0.05) is 18.2 Å². The van der Waals surface area contributed by atoms with Crippen LogP contribution in [0.5, 0.6) is 0 Å². The largest absolute Gasteiger partial charge is 0.207 e. The van der Waals surface area contributed by atoms with Crippen molar-refractivity contribution in [2.45, 2.75) is 27.7 Å². The van der Waals surface area contributed by atoms with Crippen molar-refractivity contribution in [1.82, 2.24) is 0 Å². The second-order valence-electron chi connectivity index (χ2n) is 4.56. The first-order valence-electron chi connectivity index (χ1n) is 5.85. The summed E-state index contributed by atoms with van der Waals surface area (Å²) in [5.74, 6) is -0.262. The van der Waals surface area contributed by atoms with Crippen LogP contribution in [0, 0.1) is 39.3 Å². The van der Waals surface area contributed by atoms with Gasteiger partial charge >= 0.3 is 0 Å². The van der Waals surface area contributed by atoms with E-state index < -0.39 is 0 Å². The van der Waals surface area contributed by atoms with E-state index in [-0.39, 0.29) is 11.6 Å². The molecule has 0 aromatic heterocycles. The van der Waals surface area contributed by atoms with Crippen molar-refractivity contribution in [2.24, 2.45) is 0 Å². The van der Waals surface area contributed by atoms with E-state index in [9.17, 15) is 8.78 Å². The second kappa shape index (κ2) is 6.29. The molecular formula is C16H18F2. The first-order valence-corrected chi connectivity index (χ1v) is 5.85. The van der Waals surface area contributed by atoms with Crippen molar-refractivity contribution in [1.29, 1.82) is 0 Å². The standard InChI is InChI=1S/2C8H9F/c1-6-3-7(2)5-8(9)4-6;1-6-3-4-7(2)8(9)5-6/h2*3-5H,1-2H3. The summed E-state index contributed by atoms with van der Waals surface area (Å²) in [4.78, 5) is 0. The van der Waals surface area contributed by atoms with Gasteiger partial charge in [-0.3, -0.25) is 0 Å². The summed E-state index contributed by atoms with van der Waals surface area (Å²) in [5.41, 5.74) is 3.64. The molecule has 2 aromatic rings. The highest BCUT2D eigenvalue weighted by Gasteiger charge is 1.93. The smallest absolute Gasteiger partial charge is 0.126 e. The van der Waals surface area contributed by atoms with E-state index in [1.165, 1.54) is 18.2 Å². The number of benzene rings is 2. The minimum atomic E-state index is -0.146. The summed E-state index contributed by atoms with van der Waals surface area (Å²) < 4.78 is 25.0. The molecule has 0 saturated heterocycles. The Hall–Kier alpha value is -1.70. The number of hydrogen-bond donors (Lipinski definition) is 0. The summed E-state index contributed by atoms with van der Waals surface area (Å²) in [5, 5.41) is 0. The molecule has 0 atom stereocenters. The normalized spacial score (nSPS) is 9.67. The van der Waals surface area contributed by atoms with Crippen molar-refractivity contribution in [2.75, 3.05) is 0 Å². The number of halogens is 2. The van der Waals surface area contributed by atoms with Gasteiger partial charge in [-0.15, -0.1) is 0 Å². The van der Waals surface area contributed by atoms with Crippen LogP contribution in [0.15, 0.2) is 36.4 Å². The van der Waals surface area contributed by atoms with Gasteiger partial charge in [0.15, 0.2) is 0 Å². The summed E-state index contributed by atoms with van der Waals surface area (Å²) >= 11 is 0. The lowest BCUT2D eigenvalue weighted by Crippen LogP contribution is -1.81. The average molecular weight is 248 g/mol. The fraction of sp³-hybridized carbons (Fsp3) is 0.250. The predicted molar refractivity (Wildman–Crippen MR) is 71.7 cm³/mol. The van der Waals surface area contributed by atoms with Gasteiger partial charge in [-0.25, -0.2) is 8.78 Å². The van der Waals surface area contributed by atoms with Crippen LogP contribution in [0.2, 0.25) is 0 Å². The molecule has 0 bridgehead atoms. The van der Waals surface area contributed by atoms with Crippen LogP contribution < -0.4 is 0 Å². The van der Waals surface area contributed by atoms with Crippen molar-refractivity contribution < 1.29 is 8.78 Å². The Labute approximate surface area is 107 Å². The van der Waals surface area contributed by atoms with E-state index in [0.29, 0.717) is 5.56 Å². The van der Waals surface area contributed by atoms with Crippen LogP contribution in [0.25, 0.3) is 0 Å². The molecule has 2 rings (SSSR count). The van der Waals surface area contributed by atoms with E-state index in [0.717, 1.165) is 16.7 Å². The topological polar surface area (TPSA) is 0 Å². The molecule has 0 N–H and O–H groups in total. The van der Waals surface area contributed by atoms with Gasteiger partial charge in [0.1, 0.15) is 11.6 Å². The summed E-state index contributed by atoms with van der Waals surface area (Å²) in [6.07, 6.45) is 0. The third-order valence-electron chi connectivity index (χ3n) is 2.51. The molecule has 0 heterocycles. The first-order chi connectivity index (χ1) is 8.38. The lowest BCUT2D eigenvalue weighted by atomic mass is 10.2. The molecule has 2 heteroatoms. The lowest BCUT2D eigenvalue weighted by Gasteiger charge is -1.94. The number of rotatable bonds is 0. The molecule has 0 saturated carbocycles. The highest BCUT2D eigenvalue weighted by Crippen LogP contribution is 2.07. The van der Waals surface area contributed by atoms with E-state index in [2.05, 4.69) is 0 Å². The predicted octanol–water partition coefficient (Wildman–Crippen LogP) is 4.89. The molecule has 0 fully saturated rings. The van der Waals surface area contributed by atoms with Gasteiger partial charge in [0.25, 0.3) is 0 Å². The first kappa shape index (κ1) is 14.4. The SMILES string of the molecule is Cc1cc(C)cc(F)c1.Cc1ccc(C)c(F)c1. The maximum absolute atomic E-state index is 12.6. The lowest BCUT2D eigenvalue weighted by molar-refractivity contribution is 0.617. The Morgan fingerprint density at radius 1 is 0.667 bits per heavy atom. The van der Waals surface area contributed by atoms with Crippen molar-refractivity contribution in [3.63, 3.8) is 0 Å². The fourth-order valence-electron chi connectivity index (χ4n) is 1.62. The molecule has 96 valence electrons. The van der Waals surface area contributed by atoms with Crippen LogP contribution in [0.3, 0.4) is 0 Å². The molecule has 0 aliphatic rings. The van der Waals surface area contributed by atoms with Gasteiger partial charge in [0, 0.05) is 0 Å². The van der Waals surface area contributed by atoms with E-state index in [1.54, 1.807) is 13.0 Å². The Kier molecular flexibility index (Phi) is 5.02. The maximum Gasteiger partial charge on any atom is 0.126 e. The number of aryl methyl sites for hydroxylation is 4. The summed E-state index contributed by atoms with van der Waals surface area (Å²) in [6, 6.07) is 10.2. The zero-order chi connectivity index (χ0) is 13.7. The summed E-state index contributed by atoms with van der Waals surface area (Å²) in [7, 11) is 0. The van der Waals surface area contributed by atoms with E-state index >= 15 is 0 Å². The second-order valence-corrected chi connectivity index (χ2v) is 4.56. The zero-order valence-corrected chi connectivity index (χ0v) is 11.2. The van der Waals surface area contributed by atoms with Gasteiger partial charge in [0.2, 0.25) is 0 Å². The Bertz CT molecular complexity index is 480. The Morgan fingerprint density at radius 2 is 1.22 bits per heavy atom. The molecule has 2 aromatic carbocycles. The minimum absolute atomic E-state index is 0.116. The Balaban J connectivity index is 0.000000180. The molecule has 0 aliphatic heterocycles. The van der Waals surface area contributed by atoms with E-state index in [4.69, 9.17) is 0 Å². The van der Waals surface area contributed by atoms with Crippen molar-refractivity contribution >= 4 is 0 Å². The van der Waals surface area contributed by atoms with Gasteiger partial charge in [-0.2, -0.15) is 0 Å². The molecular weight excluding hydrogens is 230 g/mol. The van der Waals surface area contributed by atoms with E-state index in [1.807, 2.05) is 32.9 Å². The molecule has 18 heavy (non-hydrogen) atoms. The third kappa shape index (κ3) is 4.66. The van der Waals surface area contributed by atoms with Crippen molar-refractivity contribution in [3.8, 4) is 0 Å². The van der Waals surface area contributed by atoms with Crippen LogP contribution in [-0.2, 0) is 0 Å². The Morgan fingerprint density at radius 3 is 1.61 bits per heavy atom. The molecule has 0 nitrogen and oxygen atoms in total. The highest BCUT2D eigenvalue weighted by atomic mass is 19.1. The van der Waals surface area contributed by atoms with Crippen LogP contribution in [-0.4, -0.2) is 0 Å². The molecule has 0 aliphatic carbocycles. The van der Waals surface area contributed by atoms with Crippen LogP contribution >= 0.6 is 0 Å². The van der Waals surface area contributed by atoms with Crippen molar-refractivity contribution in [3.05, 3.63) is 70.3 Å². The van der Waals surface area contributed by atoms with Crippen LogP contribution in [0.1, 0.15) is 22.3 Å². The monoisotopic (exact) mass is 248 g/mol. The molecule has 0 radical (unpaired) electrons. The maximum atomic E-state index is 12.6. The van der Waals surface area contributed by atoms with Gasteiger partial charge in [-0.05, 0) is 68.1 Å². The fourth-order valence-corrected chi connectivity index (χ4v) is 1.62.